The second kappa shape index (κ2) is 7.99. The number of benzene rings is 1. The van der Waals surface area contributed by atoms with Crippen molar-refractivity contribution in [1.29, 1.82) is 0 Å². The Morgan fingerprint density at radius 3 is 2.62 bits per heavy atom. The van der Waals surface area contributed by atoms with E-state index in [0.29, 0.717) is 22.5 Å². The molecule has 0 radical (unpaired) electrons. The minimum atomic E-state index is -0.100. The number of nitrogens with zero attached hydrogens (tertiary/aromatic N) is 2. The van der Waals surface area contributed by atoms with Gasteiger partial charge in [-0.25, -0.2) is 9.97 Å². The predicted octanol–water partition coefficient (Wildman–Crippen LogP) is 3.80. The monoisotopic (exact) mass is 359 g/mol. The molecule has 1 aromatic carbocycles. The van der Waals surface area contributed by atoms with Crippen LogP contribution in [0.15, 0.2) is 64.4 Å². The van der Waals surface area contributed by atoms with Crippen LogP contribution in [0.25, 0.3) is 11.3 Å². The first kappa shape index (κ1) is 16.5. The summed E-state index contributed by atoms with van der Waals surface area (Å²) in [6.07, 6.45) is 3.29. The van der Waals surface area contributed by atoms with E-state index in [-0.39, 0.29) is 11.7 Å². The molecule has 2 heterocycles. The Morgan fingerprint density at radius 1 is 1.12 bits per heavy atom. The van der Waals surface area contributed by atoms with E-state index in [1.165, 1.54) is 11.8 Å². The molecule has 0 atom stereocenters. The topological polar surface area (TPSA) is 68.0 Å². The van der Waals surface area contributed by atoms with Gasteiger partial charge in [-0.2, -0.15) is 0 Å². The fraction of sp³-hybridized carbons (Fsp3) is 0.118. The van der Waals surface area contributed by atoms with Gasteiger partial charge in [0.15, 0.2) is 5.16 Å². The van der Waals surface area contributed by atoms with E-state index in [2.05, 4.69) is 15.3 Å². The molecule has 24 heavy (non-hydrogen) atoms. The van der Waals surface area contributed by atoms with Crippen molar-refractivity contribution in [2.75, 3.05) is 5.75 Å². The molecule has 0 unspecified atom stereocenters. The van der Waals surface area contributed by atoms with Crippen LogP contribution < -0.4 is 5.32 Å². The van der Waals surface area contributed by atoms with Gasteiger partial charge in [0.25, 0.3) is 0 Å². The van der Waals surface area contributed by atoms with Crippen molar-refractivity contribution in [2.45, 2.75) is 11.7 Å². The average molecular weight is 360 g/mol. The lowest BCUT2D eigenvalue weighted by molar-refractivity contribution is -0.118. The number of thioether (sulfide) groups is 1. The van der Waals surface area contributed by atoms with Gasteiger partial charge >= 0.3 is 0 Å². The Balaban J connectivity index is 1.50. The third kappa shape index (κ3) is 4.59. The van der Waals surface area contributed by atoms with Crippen molar-refractivity contribution in [3.8, 4) is 11.3 Å². The highest BCUT2D eigenvalue weighted by atomic mass is 35.5. The zero-order chi connectivity index (χ0) is 16.8. The van der Waals surface area contributed by atoms with E-state index in [4.69, 9.17) is 16.0 Å². The summed E-state index contributed by atoms with van der Waals surface area (Å²) in [5, 5.41) is 4.07. The largest absolute Gasteiger partial charge is 0.459 e. The molecule has 0 saturated heterocycles. The smallest absolute Gasteiger partial charge is 0.230 e. The molecule has 7 heteroatoms. The molecule has 0 spiro atoms. The summed E-state index contributed by atoms with van der Waals surface area (Å²) < 4.78 is 5.73. The SMILES string of the molecule is O=C(CSc1ncccn1)NCc1ccc(-c2ccc(Cl)cc2)o1. The lowest BCUT2D eigenvalue weighted by Crippen LogP contribution is -2.24. The maximum absolute atomic E-state index is 11.9. The number of rotatable bonds is 6. The van der Waals surface area contributed by atoms with E-state index in [1.54, 1.807) is 18.5 Å². The number of carbonyl (C=O) groups excluding carboxylic acids is 1. The van der Waals surface area contributed by atoms with Crippen molar-refractivity contribution in [3.63, 3.8) is 0 Å². The summed E-state index contributed by atoms with van der Waals surface area (Å²) in [7, 11) is 0. The highest BCUT2D eigenvalue weighted by molar-refractivity contribution is 7.99. The molecule has 3 rings (SSSR count). The number of furan rings is 1. The van der Waals surface area contributed by atoms with E-state index >= 15 is 0 Å². The van der Waals surface area contributed by atoms with Crippen molar-refractivity contribution in [2.24, 2.45) is 0 Å². The lowest BCUT2D eigenvalue weighted by Gasteiger charge is -2.03. The molecule has 0 saturated carbocycles. The van der Waals surface area contributed by atoms with Crippen molar-refractivity contribution < 1.29 is 9.21 Å². The molecule has 1 N–H and O–H groups in total. The van der Waals surface area contributed by atoms with Crippen LogP contribution >= 0.6 is 23.4 Å². The number of aromatic nitrogens is 2. The van der Waals surface area contributed by atoms with Gasteiger partial charge in [0, 0.05) is 23.0 Å². The molecule has 3 aromatic rings. The Morgan fingerprint density at radius 2 is 1.88 bits per heavy atom. The Hall–Kier alpha value is -2.31. The second-order valence-electron chi connectivity index (χ2n) is 4.87. The van der Waals surface area contributed by atoms with Crippen LogP contribution in [0.1, 0.15) is 5.76 Å². The van der Waals surface area contributed by atoms with Crippen LogP contribution in [0.5, 0.6) is 0 Å². The highest BCUT2D eigenvalue weighted by Gasteiger charge is 2.08. The first-order valence-corrected chi connectivity index (χ1v) is 8.58. The highest BCUT2D eigenvalue weighted by Crippen LogP contribution is 2.23. The summed E-state index contributed by atoms with van der Waals surface area (Å²) in [6, 6.07) is 12.8. The van der Waals surface area contributed by atoms with Gasteiger partial charge in [-0.05, 0) is 42.5 Å². The molecule has 5 nitrogen and oxygen atoms in total. The van der Waals surface area contributed by atoms with Gasteiger partial charge < -0.3 is 9.73 Å². The second-order valence-corrected chi connectivity index (χ2v) is 6.25. The molecule has 1 amide bonds. The zero-order valence-corrected chi connectivity index (χ0v) is 14.2. The first-order chi connectivity index (χ1) is 11.7. The van der Waals surface area contributed by atoms with Gasteiger partial charge in [-0.15, -0.1) is 0 Å². The summed E-state index contributed by atoms with van der Waals surface area (Å²) in [4.78, 5) is 20.0. The van der Waals surface area contributed by atoms with Crippen molar-refractivity contribution >= 4 is 29.3 Å². The molecule has 0 aliphatic heterocycles. The van der Waals surface area contributed by atoms with Crippen LogP contribution in [0.3, 0.4) is 0 Å². The minimum Gasteiger partial charge on any atom is -0.459 e. The third-order valence-electron chi connectivity index (χ3n) is 3.12. The van der Waals surface area contributed by atoms with Gasteiger partial charge in [0.1, 0.15) is 11.5 Å². The van der Waals surface area contributed by atoms with Crippen molar-refractivity contribution in [3.05, 3.63) is 65.6 Å². The molecule has 0 bridgehead atoms. The summed E-state index contributed by atoms with van der Waals surface area (Å²) in [5.41, 5.74) is 0.939. The molecule has 0 aliphatic rings. The van der Waals surface area contributed by atoms with Crippen LogP contribution in [-0.4, -0.2) is 21.6 Å². The molecular weight excluding hydrogens is 346 g/mol. The predicted molar refractivity (Wildman–Crippen MR) is 93.8 cm³/mol. The maximum atomic E-state index is 11.9. The van der Waals surface area contributed by atoms with Gasteiger partial charge in [-0.1, -0.05) is 23.4 Å². The molecule has 0 fully saturated rings. The summed E-state index contributed by atoms with van der Waals surface area (Å²) in [6.45, 7) is 0.336. The number of hydrogen-bond donors (Lipinski definition) is 1. The van der Waals surface area contributed by atoms with Gasteiger partial charge in [0.05, 0.1) is 12.3 Å². The Labute approximate surface area is 148 Å². The number of amides is 1. The van der Waals surface area contributed by atoms with Crippen LogP contribution in [-0.2, 0) is 11.3 Å². The van der Waals surface area contributed by atoms with Gasteiger partial charge in [0.2, 0.25) is 5.91 Å². The molecule has 122 valence electrons. The number of halogens is 1. The molecule has 0 aliphatic carbocycles. The standard InChI is InChI=1S/C17H14ClN3O2S/c18-13-4-2-12(3-5-13)15-7-6-14(23-15)10-21-16(22)11-24-17-19-8-1-9-20-17/h1-9H,10-11H2,(H,21,22). The van der Waals surface area contributed by atoms with Crippen molar-refractivity contribution in [1.82, 2.24) is 15.3 Å². The van der Waals surface area contributed by atoms with E-state index in [9.17, 15) is 4.79 Å². The number of carbonyl (C=O) groups is 1. The van der Waals surface area contributed by atoms with Gasteiger partial charge in [-0.3, -0.25) is 4.79 Å². The fourth-order valence-electron chi connectivity index (χ4n) is 1.97. The minimum absolute atomic E-state index is 0.100. The number of hydrogen-bond acceptors (Lipinski definition) is 5. The fourth-order valence-corrected chi connectivity index (χ4v) is 2.73. The normalized spacial score (nSPS) is 10.5. The lowest BCUT2D eigenvalue weighted by atomic mass is 10.2. The van der Waals surface area contributed by atoms with E-state index in [1.807, 2.05) is 36.4 Å². The zero-order valence-electron chi connectivity index (χ0n) is 12.6. The Kier molecular flexibility index (Phi) is 5.51. The summed E-state index contributed by atoms with van der Waals surface area (Å²) in [5.74, 6) is 1.59. The Bertz CT molecular complexity index is 806. The third-order valence-corrected chi connectivity index (χ3v) is 4.25. The summed E-state index contributed by atoms with van der Waals surface area (Å²) >= 11 is 7.16. The van der Waals surface area contributed by atoms with E-state index in [0.717, 1.165) is 11.3 Å². The van der Waals surface area contributed by atoms with E-state index < -0.39 is 0 Å². The first-order valence-electron chi connectivity index (χ1n) is 7.22. The average Bonchev–Trinajstić information content (AvgIpc) is 3.09. The maximum Gasteiger partial charge on any atom is 0.230 e. The number of nitrogens with one attached hydrogen (secondary N) is 1. The quantitative estimate of drug-likeness (QED) is 0.535. The van der Waals surface area contributed by atoms with Crippen LogP contribution in [0.4, 0.5) is 0 Å². The molecular formula is C17H14ClN3O2S. The van der Waals surface area contributed by atoms with Crippen LogP contribution in [0.2, 0.25) is 5.02 Å². The molecule has 2 aromatic heterocycles. The van der Waals surface area contributed by atoms with Crippen LogP contribution in [0, 0.1) is 0 Å².